The number of aromatic nitrogens is 1. The summed E-state index contributed by atoms with van der Waals surface area (Å²) < 4.78 is 7.65. The predicted octanol–water partition coefficient (Wildman–Crippen LogP) is 0.259. The number of aliphatic hydroxyl groups is 2. The third kappa shape index (κ3) is 4.96. The summed E-state index contributed by atoms with van der Waals surface area (Å²) in [4.78, 5) is 34.4. The van der Waals surface area contributed by atoms with Crippen molar-refractivity contribution in [3.63, 3.8) is 0 Å². The molecule has 1 aliphatic heterocycles. The minimum absolute atomic E-state index is 0.157. The molecule has 162 valence electrons. The maximum absolute atomic E-state index is 12.4. The molecular weight excluding hydrogens is 396 g/mol. The number of aliphatic hydroxyl groups excluding tert-OH is 2. The molecule has 0 saturated carbocycles. The lowest BCUT2D eigenvalue weighted by molar-refractivity contribution is -0.147. The largest absolute Gasteiger partial charge is 0.481 e. The van der Waals surface area contributed by atoms with Crippen LogP contribution in [0.4, 0.5) is 0 Å². The van der Waals surface area contributed by atoms with E-state index in [-0.39, 0.29) is 13.0 Å². The molecule has 1 fully saturated rings. The molecule has 10 nitrogen and oxygen atoms in total. The first-order valence-corrected chi connectivity index (χ1v) is 9.55. The fourth-order valence-electron chi connectivity index (χ4n) is 3.71. The molecule has 2 heterocycles. The van der Waals surface area contributed by atoms with Crippen LogP contribution in [0.2, 0.25) is 0 Å². The van der Waals surface area contributed by atoms with Crippen molar-refractivity contribution in [1.82, 2.24) is 9.88 Å². The maximum atomic E-state index is 12.4. The number of carboxylic acid groups (broad SMARTS) is 2. The first kappa shape index (κ1) is 21.8. The molecule has 1 amide bonds. The molecule has 1 aliphatic rings. The van der Waals surface area contributed by atoms with Crippen LogP contribution in [0.15, 0.2) is 30.5 Å². The average molecular weight is 420 g/mol. The van der Waals surface area contributed by atoms with Crippen LogP contribution in [0.5, 0.6) is 0 Å². The Labute approximate surface area is 171 Å². The van der Waals surface area contributed by atoms with E-state index in [1.54, 1.807) is 16.8 Å². The number of aliphatic carboxylic acids is 2. The smallest absolute Gasteiger partial charge is 0.326 e. The highest BCUT2D eigenvalue weighted by atomic mass is 16.5. The summed E-state index contributed by atoms with van der Waals surface area (Å²) in [6.07, 6.45) is -0.197. The van der Waals surface area contributed by atoms with E-state index >= 15 is 0 Å². The molecule has 1 aromatic carbocycles. The highest BCUT2D eigenvalue weighted by molar-refractivity contribution is 5.92. The Kier molecular flexibility index (Phi) is 6.70. The number of nitrogens with zero attached hydrogens (tertiary/aromatic N) is 1. The van der Waals surface area contributed by atoms with Gasteiger partial charge in [-0.1, -0.05) is 18.2 Å². The van der Waals surface area contributed by atoms with Crippen LogP contribution in [0.25, 0.3) is 10.9 Å². The van der Waals surface area contributed by atoms with Crippen LogP contribution in [-0.4, -0.2) is 67.7 Å². The fraction of sp³-hybridized carbons (Fsp3) is 0.450. The Hall–Kier alpha value is -2.95. The number of amides is 1. The molecule has 0 aliphatic carbocycles. The Balaban J connectivity index is 1.84. The first-order valence-electron chi connectivity index (χ1n) is 9.55. The summed E-state index contributed by atoms with van der Waals surface area (Å²) in [6.45, 7) is -0.220. The highest BCUT2D eigenvalue weighted by Gasteiger charge is 2.30. The minimum atomic E-state index is -1.52. The summed E-state index contributed by atoms with van der Waals surface area (Å²) in [6, 6.07) is 5.73. The van der Waals surface area contributed by atoms with Crippen LogP contribution >= 0.6 is 0 Å². The van der Waals surface area contributed by atoms with Crippen molar-refractivity contribution in [3.8, 4) is 0 Å². The van der Waals surface area contributed by atoms with Crippen LogP contribution in [-0.2, 0) is 25.5 Å². The normalized spacial score (nSPS) is 22.5. The fourth-order valence-corrected chi connectivity index (χ4v) is 3.71. The number of nitrogens with one attached hydrogen (secondary N) is 1. The minimum Gasteiger partial charge on any atom is -0.481 e. The lowest BCUT2D eigenvalue weighted by atomic mass is 10.0. The predicted molar refractivity (Wildman–Crippen MR) is 104 cm³/mol. The van der Waals surface area contributed by atoms with Gasteiger partial charge >= 0.3 is 11.9 Å². The molecule has 3 rings (SSSR count). The molecular formula is C20H24N2O8. The van der Waals surface area contributed by atoms with E-state index in [9.17, 15) is 24.6 Å². The molecule has 0 bridgehead atoms. The first-order chi connectivity index (χ1) is 14.3. The molecule has 1 aromatic heterocycles. The number of carboxylic acids is 2. The molecule has 4 unspecified atom stereocenters. The molecule has 30 heavy (non-hydrogen) atoms. The van der Waals surface area contributed by atoms with Crippen molar-refractivity contribution in [2.24, 2.45) is 0 Å². The second-order valence-electron chi connectivity index (χ2n) is 7.33. The topological polar surface area (TPSA) is 158 Å². The van der Waals surface area contributed by atoms with Crippen molar-refractivity contribution < 1.29 is 39.5 Å². The third-order valence-electron chi connectivity index (χ3n) is 5.06. The third-order valence-corrected chi connectivity index (χ3v) is 5.06. The molecule has 0 radical (unpaired) electrons. The average Bonchev–Trinajstić information content (AvgIpc) is 3.05. The molecule has 1 saturated heterocycles. The maximum Gasteiger partial charge on any atom is 0.326 e. The number of benzene rings is 1. The number of carbonyl (C=O) groups is 3. The molecule has 0 spiro atoms. The lowest BCUT2D eigenvalue weighted by Gasteiger charge is -2.33. The van der Waals surface area contributed by atoms with Crippen LogP contribution < -0.4 is 5.32 Å². The Morgan fingerprint density at radius 1 is 1.20 bits per heavy atom. The Morgan fingerprint density at radius 3 is 2.60 bits per heavy atom. The van der Waals surface area contributed by atoms with E-state index in [1.165, 1.54) is 0 Å². The van der Waals surface area contributed by atoms with Crippen LogP contribution in [0.3, 0.4) is 0 Å². The Morgan fingerprint density at radius 2 is 1.93 bits per heavy atom. The zero-order valence-electron chi connectivity index (χ0n) is 16.1. The molecule has 2 aromatic rings. The monoisotopic (exact) mass is 420 g/mol. The summed E-state index contributed by atoms with van der Waals surface area (Å²) in [7, 11) is 0. The summed E-state index contributed by atoms with van der Waals surface area (Å²) in [5.41, 5.74) is 1.36. The van der Waals surface area contributed by atoms with Gasteiger partial charge < -0.3 is 35.0 Å². The molecule has 5 N–H and O–H groups in total. The number of ether oxygens (including phenoxy) is 1. The quantitative estimate of drug-likeness (QED) is 0.407. The Bertz CT molecular complexity index is 940. The van der Waals surface area contributed by atoms with Gasteiger partial charge in [-0.2, -0.15) is 0 Å². The van der Waals surface area contributed by atoms with Crippen molar-refractivity contribution in [1.29, 1.82) is 0 Å². The van der Waals surface area contributed by atoms with E-state index in [1.807, 2.05) is 18.2 Å². The molecule has 4 atom stereocenters. The SMILES string of the molecule is O=C(O)CC(NC(=O)Cc1cn(C2CC(O)CC(CO)O2)c2ccccc12)C(=O)O. The van der Waals surface area contributed by atoms with E-state index in [0.29, 0.717) is 18.4 Å². The number of carbonyl (C=O) groups excluding carboxylic acids is 1. The lowest BCUT2D eigenvalue weighted by Crippen LogP contribution is -2.42. The highest BCUT2D eigenvalue weighted by Crippen LogP contribution is 2.32. The number of hydrogen-bond acceptors (Lipinski definition) is 6. The van der Waals surface area contributed by atoms with Gasteiger partial charge in [-0.3, -0.25) is 9.59 Å². The van der Waals surface area contributed by atoms with E-state index in [0.717, 1.165) is 10.9 Å². The van der Waals surface area contributed by atoms with E-state index < -0.39 is 48.7 Å². The molecule has 10 heteroatoms. The summed E-state index contributed by atoms with van der Waals surface area (Å²) >= 11 is 0. The van der Waals surface area contributed by atoms with Crippen molar-refractivity contribution >= 4 is 28.7 Å². The van der Waals surface area contributed by atoms with Gasteiger partial charge in [0.2, 0.25) is 5.91 Å². The summed E-state index contributed by atoms with van der Waals surface area (Å²) in [5.74, 6) is -3.37. The van der Waals surface area contributed by atoms with Crippen molar-refractivity contribution in [3.05, 3.63) is 36.0 Å². The van der Waals surface area contributed by atoms with Crippen molar-refractivity contribution in [2.75, 3.05) is 6.61 Å². The number of hydrogen-bond donors (Lipinski definition) is 5. The van der Waals surface area contributed by atoms with Crippen molar-refractivity contribution in [2.45, 2.75) is 50.2 Å². The van der Waals surface area contributed by atoms with Gasteiger partial charge in [0.25, 0.3) is 0 Å². The number of para-hydroxylation sites is 1. The number of rotatable bonds is 8. The van der Waals surface area contributed by atoms with Crippen LogP contribution in [0.1, 0.15) is 31.1 Å². The second-order valence-corrected chi connectivity index (χ2v) is 7.33. The zero-order chi connectivity index (χ0) is 21.8. The summed E-state index contributed by atoms with van der Waals surface area (Å²) in [5, 5.41) is 40.5. The van der Waals surface area contributed by atoms with E-state index in [2.05, 4.69) is 5.32 Å². The second kappa shape index (κ2) is 9.24. The van der Waals surface area contributed by atoms with Gasteiger partial charge in [0.05, 0.1) is 37.2 Å². The van der Waals surface area contributed by atoms with Gasteiger partial charge in [-0.05, 0) is 11.6 Å². The standard InChI is InChI=1S/C20H24N2O8/c23-10-13-6-12(24)7-18(30-13)22-9-11(14-3-1-2-4-16(14)22)5-17(25)21-15(20(28)29)8-19(26)27/h1-4,9,12-13,15,18,23-24H,5-8,10H2,(H,21,25)(H,26,27)(H,28,29). The van der Waals surface area contributed by atoms with Gasteiger partial charge in [0.15, 0.2) is 0 Å². The number of fused-ring (bicyclic) bond motifs is 1. The van der Waals surface area contributed by atoms with Gasteiger partial charge in [0.1, 0.15) is 12.3 Å². The van der Waals surface area contributed by atoms with Gasteiger partial charge in [0, 0.05) is 24.4 Å². The van der Waals surface area contributed by atoms with Gasteiger partial charge in [-0.25, -0.2) is 4.79 Å². The van der Waals surface area contributed by atoms with Gasteiger partial charge in [-0.15, -0.1) is 0 Å². The zero-order valence-corrected chi connectivity index (χ0v) is 16.1. The van der Waals surface area contributed by atoms with Crippen LogP contribution in [0, 0.1) is 0 Å². The van der Waals surface area contributed by atoms with E-state index in [4.69, 9.17) is 14.9 Å².